The monoisotopic (exact) mass is 228 g/mol. The zero-order valence-electron chi connectivity index (χ0n) is 9.01. The molecule has 0 radical (unpaired) electrons. The topological polar surface area (TPSA) is 17.1 Å². The molecule has 0 aliphatic carbocycles. The van der Waals surface area contributed by atoms with Gasteiger partial charge in [-0.25, -0.2) is 0 Å². The van der Waals surface area contributed by atoms with E-state index in [1.54, 1.807) is 6.92 Å². The van der Waals surface area contributed by atoms with Gasteiger partial charge in [0.2, 0.25) is 0 Å². The van der Waals surface area contributed by atoms with Crippen LogP contribution in [0.25, 0.3) is 12.2 Å². The van der Waals surface area contributed by atoms with E-state index in [1.807, 2.05) is 36.4 Å². The summed E-state index contributed by atoms with van der Waals surface area (Å²) in [5, 5.41) is 0. The summed E-state index contributed by atoms with van der Waals surface area (Å²) in [5.74, 6) is 0.129. The van der Waals surface area contributed by atoms with Crippen molar-refractivity contribution in [3.8, 4) is 0 Å². The van der Waals surface area contributed by atoms with E-state index in [9.17, 15) is 4.79 Å². The van der Waals surface area contributed by atoms with Gasteiger partial charge in [-0.15, -0.1) is 11.3 Å². The Hall–Kier alpha value is -1.67. The van der Waals surface area contributed by atoms with E-state index in [-0.39, 0.29) is 5.78 Å². The second-order valence-electron chi connectivity index (χ2n) is 3.50. The first-order valence-corrected chi connectivity index (χ1v) is 5.91. The number of carbonyl (C=O) groups is 1. The fourth-order valence-corrected chi connectivity index (χ4v) is 2.18. The highest BCUT2D eigenvalue weighted by atomic mass is 32.1. The van der Waals surface area contributed by atoms with Gasteiger partial charge in [-0.05, 0) is 30.7 Å². The number of ketones is 1. The first-order chi connectivity index (χ1) is 7.75. The largest absolute Gasteiger partial charge is 0.294 e. The van der Waals surface area contributed by atoms with E-state index in [1.165, 1.54) is 16.9 Å². The normalized spacial score (nSPS) is 10.8. The van der Waals surface area contributed by atoms with Gasteiger partial charge in [0.1, 0.15) is 0 Å². The summed E-state index contributed by atoms with van der Waals surface area (Å²) in [6.07, 6.45) is 4.09. The van der Waals surface area contributed by atoms with E-state index >= 15 is 0 Å². The summed E-state index contributed by atoms with van der Waals surface area (Å²) in [6.45, 7) is 1.59. The molecule has 0 saturated heterocycles. The van der Waals surface area contributed by atoms with Crippen LogP contribution in [0.15, 0.2) is 42.5 Å². The third-order valence-corrected chi connectivity index (χ3v) is 3.36. The van der Waals surface area contributed by atoms with Crippen molar-refractivity contribution in [3.63, 3.8) is 0 Å². The molecular weight excluding hydrogens is 216 g/mol. The molecule has 1 aromatic carbocycles. The van der Waals surface area contributed by atoms with Crippen LogP contribution in [0.5, 0.6) is 0 Å². The van der Waals surface area contributed by atoms with Crippen LogP contribution in [0.4, 0.5) is 0 Å². The molecule has 0 unspecified atom stereocenters. The lowest BCUT2D eigenvalue weighted by Crippen LogP contribution is -1.83. The molecule has 0 aliphatic rings. The van der Waals surface area contributed by atoms with Gasteiger partial charge in [0.15, 0.2) is 5.78 Å². The maximum Gasteiger partial charge on any atom is 0.169 e. The van der Waals surface area contributed by atoms with Gasteiger partial charge in [-0.2, -0.15) is 0 Å². The number of carbonyl (C=O) groups excluding carboxylic acids is 1. The standard InChI is InChI=1S/C14H12OS/c1-11(15)14-10-9-13(16-14)8-7-12-5-3-2-4-6-12/h2-10H,1H3. The van der Waals surface area contributed by atoms with Gasteiger partial charge in [-0.3, -0.25) is 4.79 Å². The molecule has 0 saturated carbocycles. The SMILES string of the molecule is CC(=O)c1ccc(C=Cc2ccccc2)s1. The van der Waals surface area contributed by atoms with Crippen LogP contribution >= 0.6 is 11.3 Å². The van der Waals surface area contributed by atoms with Crippen LogP contribution in [-0.2, 0) is 0 Å². The fourth-order valence-electron chi connectivity index (χ4n) is 1.37. The van der Waals surface area contributed by atoms with E-state index in [2.05, 4.69) is 18.2 Å². The Kier molecular flexibility index (Phi) is 3.32. The highest BCUT2D eigenvalue weighted by molar-refractivity contribution is 7.14. The predicted molar refractivity (Wildman–Crippen MR) is 69.7 cm³/mol. The van der Waals surface area contributed by atoms with Gasteiger partial charge in [0.25, 0.3) is 0 Å². The third-order valence-electron chi connectivity index (χ3n) is 2.21. The molecule has 0 amide bonds. The molecule has 0 atom stereocenters. The van der Waals surface area contributed by atoms with E-state index in [0.29, 0.717) is 0 Å². The molecule has 1 aromatic heterocycles. The lowest BCUT2D eigenvalue weighted by Gasteiger charge is -1.90. The summed E-state index contributed by atoms with van der Waals surface area (Å²) < 4.78 is 0. The number of thiophene rings is 1. The molecule has 0 aliphatic heterocycles. The third kappa shape index (κ3) is 2.67. The summed E-state index contributed by atoms with van der Waals surface area (Å²) in [4.78, 5) is 13.0. The van der Waals surface area contributed by atoms with Crippen molar-refractivity contribution in [2.24, 2.45) is 0 Å². The van der Waals surface area contributed by atoms with Crippen molar-refractivity contribution in [3.05, 3.63) is 57.8 Å². The first kappa shape index (κ1) is 10.8. The molecule has 0 bridgehead atoms. The van der Waals surface area contributed by atoms with Crippen LogP contribution in [0.2, 0.25) is 0 Å². The molecule has 2 aromatic rings. The summed E-state index contributed by atoms with van der Waals surface area (Å²) in [7, 11) is 0. The molecule has 0 fully saturated rings. The second-order valence-corrected chi connectivity index (χ2v) is 4.62. The molecule has 2 heteroatoms. The minimum absolute atomic E-state index is 0.129. The van der Waals surface area contributed by atoms with E-state index in [0.717, 1.165) is 9.75 Å². The number of benzene rings is 1. The Balaban J connectivity index is 2.15. The van der Waals surface area contributed by atoms with Crippen molar-refractivity contribution in [1.29, 1.82) is 0 Å². The lowest BCUT2D eigenvalue weighted by atomic mass is 10.2. The summed E-state index contributed by atoms with van der Waals surface area (Å²) in [6, 6.07) is 14.0. The minimum Gasteiger partial charge on any atom is -0.294 e. The molecule has 0 N–H and O–H groups in total. The Labute approximate surface area is 99.1 Å². The van der Waals surface area contributed by atoms with E-state index < -0.39 is 0 Å². The summed E-state index contributed by atoms with van der Waals surface area (Å²) >= 11 is 1.52. The Morgan fingerprint density at radius 1 is 1.06 bits per heavy atom. The predicted octanol–water partition coefficient (Wildman–Crippen LogP) is 4.12. The van der Waals surface area contributed by atoms with Gasteiger partial charge in [-0.1, -0.05) is 36.4 Å². The number of hydrogen-bond acceptors (Lipinski definition) is 2. The van der Waals surface area contributed by atoms with Crippen molar-refractivity contribution in [1.82, 2.24) is 0 Å². The van der Waals surface area contributed by atoms with E-state index in [4.69, 9.17) is 0 Å². The first-order valence-electron chi connectivity index (χ1n) is 5.09. The zero-order valence-corrected chi connectivity index (χ0v) is 9.83. The Morgan fingerprint density at radius 2 is 1.81 bits per heavy atom. The highest BCUT2D eigenvalue weighted by Crippen LogP contribution is 2.19. The van der Waals surface area contributed by atoms with Crippen molar-refractivity contribution < 1.29 is 4.79 Å². The molecular formula is C14H12OS. The average molecular weight is 228 g/mol. The van der Waals surface area contributed by atoms with Crippen LogP contribution in [0.3, 0.4) is 0 Å². The van der Waals surface area contributed by atoms with Gasteiger partial charge in [0, 0.05) is 4.88 Å². The molecule has 16 heavy (non-hydrogen) atoms. The van der Waals surface area contributed by atoms with Crippen molar-refractivity contribution in [2.45, 2.75) is 6.92 Å². The fraction of sp³-hybridized carbons (Fsp3) is 0.0714. The van der Waals surface area contributed by atoms with Gasteiger partial charge < -0.3 is 0 Å². The second kappa shape index (κ2) is 4.90. The van der Waals surface area contributed by atoms with Crippen molar-refractivity contribution >= 4 is 29.3 Å². The Bertz CT molecular complexity index is 509. The van der Waals surface area contributed by atoms with Crippen LogP contribution < -0.4 is 0 Å². The molecule has 1 nitrogen and oxygen atoms in total. The van der Waals surface area contributed by atoms with Gasteiger partial charge in [0.05, 0.1) is 4.88 Å². The van der Waals surface area contributed by atoms with Crippen LogP contribution in [0.1, 0.15) is 27.0 Å². The highest BCUT2D eigenvalue weighted by Gasteiger charge is 2.01. The minimum atomic E-state index is 0.129. The molecule has 1 heterocycles. The van der Waals surface area contributed by atoms with Crippen LogP contribution in [0, 0.1) is 0 Å². The number of rotatable bonds is 3. The quantitative estimate of drug-likeness (QED) is 0.722. The lowest BCUT2D eigenvalue weighted by molar-refractivity contribution is 0.102. The number of Topliss-reactive ketones (excluding diaryl/α,β-unsaturated/α-hetero) is 1. The number of hydrogen-bond donors (Lipinski definition) is 0. The maximum absolute atomic E-state index is 11.1. The van der Waals surface area contributed by atoms with Crippen molar-refractivity contribution in [2.75, 3.05) is 0 Å². The average Bonchev–Trinajstić information content (AvgIpc) is 2.76. The van der Waals surface area contributed by atoms with Gasteiger partial charge >= 0.3 is 0 Å². The zero-order chi connectivity index (χ0) is 11.4. The maximum atomic E-state index is 11.1. The Morgan fingerprint density at radius 3 is 2.44 bits per heavy atom. The molecule has 0 spiro atoms. The summed E-state index contributed by atoms with van der Waals surface area (Å²) in [5.41, 5.74) is 1.17. The van der Waals surface area contributed by atoms with Crippen LogP contribution in [-0.4, -0.2) is 5.78 Å². The molecule has 2 rings (SSSR count). The smallest absolute Gasteiger partial charge is 0.169 e. The molecule has 80 valence electrons.